The third-order valence-electron chi connectivity index (χ3n) is 6.69. The van der Waals surface area contributed by atoms with E-state index in [1.807, 2.05) is 40.0 Å². The minimum Gasteiger partial charge on any atom is -0.456 e. The van der Waals surface area contributed by atoms with Crippen molar-refractivity contribution in [3.8, 4) is 0 Å². The minimum absolute atomic E-state index is 0.0321. The summed E-state index contributed by atoms with van der Waals surface area (Å²) in [6, 6.07) is 6.17. The molecule has 2 amide bonds. The smallest absolute Gasteiger partial charge is 0.410 e. The van der Waals surface area contributed by atoms with Crippen molar-refractivity contribution in [1.82, 2.24) is 19.7 Å². The van der Waals surface area contributed by atoms with Crippen molar-refractivity contribution in [2.24, 2.45) is 0 Å². The molecule has 2 aromatic heterocycles. The highest BCUT2D eigenvalue weighted by Crippen LogP contribution is 2.31. The summed E-state index contributed by atoms with van der Waals surface area (Å²) in [6.07, 6.45) is 1.56. The highest BCUT2D eigenvalue weighted by atomic mass is 19.1. The van der Waals surface area contributed by atoms with E-state index in [9.17, 15) is 18.8 Å². The molecule has 222 valence electrons. The van der Waals surface area contributed by atoms with Gasteiger partial charge >= 0.3 is 12.1 Å². The maximum absolute atomic E-state index is 14.8. The van der Waals surface area contributed by atoms with Crippen molar-refractivity contribution in [2.45, 2.75) is 53.4 Å². The zero-order valence-corrected chi connectivity index (χ0v) is 24.2. The molecule has 0 bridgehead atoms. The summed E-state index contributed by atoms with van der Waals surface area (Å²) >= 11 is 0. The van der Waals surface area contributed by atoms with Gasteiger partial charge in [-0.15, -0.1) is 0 Å². The number of benzene rings is 2. The van der Waals surface area contributed by atoms with Gasteiger partial charge in [-0.05, 0) is 45.9 Å². The van der Waals surface area contributed by atoms with E-state index in [0.717, 1.165) is 17.1 Å². The number of ether oxygens (including phenoxy) is 2. The summed E-state index contributed by atoms with van der Waals surface area (Å²) in [5.41, 5.74) is 1.41. The Hall–Kier alpha value is -4.68. The van der Waals surface area contributed by atoms with Crippen LogP contribution >= 0.6 is 0 Å². The number of aromatic nitrogens is 3. The quantitative estimate of drug-likeness (QED) is 0.322. The highest BCUT2D eigenvalue weighted by molar-refractivity contribution is 6.14. The number of amides is 2. The molecule has 0 spiro atoms. The number of oxazole rings is 1. The number of nitrogens with zero attached hydrogens (tertiary/aromatic N) is 5. The highest BCUT2D eigenvalue weighted by Gasteiger charge is 2.28. The fourth-order valence-electron chi connectivity index (χ4n) is 4.75. The number of carbonyl (C=O) groups is 3. The van der Waals surface area contributed by atoms with Crippen LogP contribution in [-0.4, -0.2) is 69.4 Å². The molecule has 0 saturated carbocycles. The Labute approximate surface area is 241 Å². The molecule has 4 aromatic rings. The summed E-state index contributed by atoms with van der Waals surface area (Å²) in [5.74, 6) is -1.64. The Morgan fingerprint density at radius 1 is 1.10 bits per heavy atom. The number of piperazine rings is 1. The van der Waals surface area contributed by atoms with Crippen LogP contribution in [0.4, 0.5) is 20.6 Å². The Bertz CT molecular complexity index is 1660. The van der Waals surface area contributed by atoms with Crippen molar-refractivity contribution >= 4 is 51.3 Å². The Balaban J connectivity index is 1.36. The topological polar surface area (TPSA) is 132 Å². The van der Waals surface area contributed by atoms with Gasteiger partial charge in [-0.1, -0.05) is 0 Å². The molecule has 12 nitrogen and oxygen atoms in total. The molecule has 0 unspecified atom stereocenters. The van der Waals surface area contributed by atoms with Crippen LogP contribution in [0, 0.1) is 5.82 Å². The fraction of sp³-hybridized carbons (Fsp3) is 0.414. The van der Waals surface area contributed by atoms with Gasteiger partial charge < -0.3 is 29.0 Å². The number of fused-ring (bicyclic) bond motifs is 2. The molecular formula is C29H33FN6O6. The van der Waals surface area contributed by atoms with Gasteiger partial charge in [0.25, 0.3) is 5.91 Å². The number of carbonyl (C=O) groups excluding carboxylic acids is 3. The van der Waals surface area contributed by atoms with Crippen LogP contribution < -0.4 is 10.2 Å². The molecule has 0 atom stereocenters. The van der Waals surface area contributed by atoms with E-state index in [1.54, 1.807) is 15.6 Å². The number of hydrogen-bond acceptors (Lipinski definition) is 9. The second kappa shape index (κ2) is 11.3. The number of nitrogens with one attached hydrogen (secondary N) is 1. The molecule has 1 aliphatic rings. The summed E-state index contributed by atoms with van der Waals surface area (Å²) in [5, 5.41) is 8.17. The maximum Gasteiger partial charge on any atom is 0.410 e. The minimum atomic E-state index is -0.693. The van der Waals surface area contributed by atoms with Gasteiger partial charge in [0, 0.05) is 68.7 Å². The third kappa shape index (κ3) is 6.14. The molecule has 42 heavy (non-hydrogen) atoms. The first-order valence-electron chi connectivity index (χ1n) is 13.7. The van der Waals surface area contributed by atoms with E-state index in [2.05, 4.69) is 20.3 Å². The Kier molecular flexibility index (Phi) is 7.76. The molecule has 1 saturated heterocycles. The predicted octanol–water partition coefficient (Wildman–Crippen LogP) is 4.71. The predicted molar refractivity (Wildman–Crippen MR) is 153 cm³/mol. The Morgan fingerprint density at radius 2 is 1.83 bits per heavy atom. The van der Waals surface area contributed by atoms with Crippen molar-refractivity contribution in [3.05, 3.63) is 47.7 Å². The average molecular weight is 581 g/mol. The van der Waals surface area contributed by atoms with Crippen LogP contribution in [0.1, 0.15) is 50.9 Å². The lowest BCUT2D eigenvalue weighted by Crippen LogP contribution is -2.50. The standard InChI is InChI=1S/C29H33FN6O6/c1-6-36-15-20-22(34-9-11-35(12-10-34)28(39)42-29(3,4)5)8-7-19(25(20)33-36)27(38)31-18-13-21(30)26-23(14-18)41-24(32-26)16-40-17(2)37/h7-8,13-15H,6,9-12,16H2,1-5H3,(H,31,38). The number of anilines is 2. The first-order valence-corrected chi connectivity index (χ1v) is 13.7. The molecule has 13 heteroatoms. The number of rotatable bonds is 6. The number of esters is 1. The second-order valence-electron chi connectivity index (χ2n) is 11.0. The molecule has 0 radical (unpaired) electrons. The van der Waals surface area contributed by atoms with Gasteiger partial charge in [0.2, 0.25) is 5.89 Å². The SMILES string of the molecule is CCn1cc2c(N3CCN(C(=O)OC(C)(C)C)CC3)ccc(C(=O)Nc3cc(F)c4nc(COC(C)=O)oc4c3)c2n1. The number of hydrogen-bond donors (Lipinski definition) is 1. The van der Waals surface area contributed by atoms with Crippen molar-refractivity contribution in [1.29, 1.82) is 0 Å². The molecule has 3 heterocycles. The molecule has 1 fully saturated rings. The van der Waals surface area contributed by atoms with Crippen LogP contribution in [-0.2, 0) is 27.4 Å². The van der Waals surface area contributed by atoms with E-state index >= 15 is 0 Å². The Morgan fingerprint density at radius 3 is 2.50 bits per heavy atom. The number of halogens is 1. The van der Waals surface area contributed by atoms with E-state index in [0.29, 0.717) is 43.8 Å². The summed E-state index contributed by atoms with van der Waals surface area (Å²) in [7, 11) is 0. The largest absolute Gasteiger partial charge is 0.456 e. The number of aryl methyl sites for hydroxylation is 1. The van der Waals surface area contributed by atoms with Crippen LogP contribution in [0.15, 0.2) is 34.9 Å². The first kappa shape index (κ1) is 28.8. The lowest BCUT2D eigenvalue weighted by atomic mass is 10.1. The average Bonchev–Trinajstić information content (AvgIpc) is 3.55. The van der Waals surface area contributed by atoms with Crippen LogP contribution in [0.3, 0.4) is 0 Å². The van der Waals surface area contributed by atoms with Gasteiger partial charge in [-0.3, -0.25) is 14.3 Å². The fourth-order valence-corrected chi connectivity index (χ4v) is 4.75. The van der Waals surface area contributed by atoms with E-state index < -0.39 is 23.3 Å². The van der Waals surface area contributed by atoms with Crippen molar-refractivity contribution in [2.75, 3.05) is 36.4 Å². The van der Waals surface area contributed by atoms with Gasteiger partial charge in [0.15, 0.2) is 18.0 Å². The lowest BCUT2D eigenvalue weighted by Gasteiger charge is -2.37. The van der Waals surface area contributed by atoms with Gasteiger partial charge in [0.1, 0.15) is 16.6 Å². The van der Waals surface area contributed by atoms with Gasteiger partial charge in [0.05, 0.1) is 5.56 Å². The monoisotopic (exact) mass is 580 g/mol. The summed E-state index contributed by atoms with van der Waals surface area (Å²) < 4.78 is 32.4. The molecular weight excluding hydrogens is 547 g/mol. The van der Waals surface area contributed by atoms with Crippen LogP contribution in [0.5, 0.6) is 0 Å². The summed E-state index contributed by atoms with van der Waals surface area (Å²) in [6.45, 7) is 11.3. The molecule has 5 rings (SSSR count). The van der Waals surface area contributed by atoms with E-state index in [-0.39, 0.29) is 35.4 Å². The first-order chi connectivity index (χ1) is 19.9. The normalized spacial score (nSPS) is 14.0. The maximum atomic E-state index is 14.8. The van der Waals surface area contributed by atoms with Gasteiger partial charge in [-0.2, -0.15) is 5.10 Å². The van der Waals surface area contributed by atoms with Crippen LogP contribution in [0.25, 0.3) is 22.0 Å². The van der Waals surface area contributed by atoms with E-state index in [1.165, 1.54) is 13.0 Å². The zero-order chi connectivity index (χ0) is 30.2. The third-order valence-corrected chi connectivity index (χ3v) is 6.69. The van der Waals surface area contributed by atoms with Crippen LogP contribution in [0.2, 0.25) is 0 Å². The molecule has 2 aromatic carbocycles. The molecule has 0 aliphatic carbocycles. The van der Waals surface area contributed by atoms with Crippen molar-refractivity contribution < 1.29 is 32.7 Å². The summed E-state index contributed by atoms with van der Waals surface area (Å²) in [4.78, 5) is 44.9. The van der Waals surface area contributed by atoms with E-state index in [4.69, 9.17) is 13.9 Å². The lowest BCUT2D eigenvalue weighted by molar-refractivity contribution is -0.142. The molecule has 1 aliphatic heterocycles. The van der Waals surface area contributed by atoms with Crippen molar-refractivity contribution in [3.63, 3.8) is 0 Å². The molecule has 1 N–H and O–H groups in total. The zero-order valence-electron chi connectivity index (χ0n) is 24.2. The van der Waals surface area contributed by atoms with Gasteiger partial charge in [-0.25, -0.2) is 14.2 Å². The second-order valence-corrected chi connectivity index (χ2v) is 11.0.